The average Bonchev–Trinajstić information content (AvgIpc) is 2.46. The number of aliphatic carboxylic acids is 1. The van der Waals surface area contributed by atoms with Crippen LogP contribution >= 0.6 is 0 Å². The van der Waals surface area contributed by atoms with Gasteiger partial charge in [0.2, 0.25) is 0 Å². The molecule has 0 aliphatic heterocycles. The van der Waals surface area contributed by atoms with Crippen LogP contribution in [-0.4, -0.2) is 17.0 Å². The maximum absolute atomic E-state index is 12.0. The van der Waals surface area contributed by atoms with Gasteiger partial charge in [-0.25, -0.2) is 4.79 Å². The Kier molecular flexibility index (Phi) is 4.29. The molecule has 4 nitrogen and oxygen atoms in total. The van der Waals surface area contributed by atoms with E-state index in [4.69, 9.17) is 5.11 Å². The monoisotopic (exact) mass is 267 g/mol. The summed E-state index contributed by atoms with van der Waals surface area (Å²) in [5.41, 5.74) is 1.97. The van der Waals surface area contributed by atoms with Gasteiger partial charge < -0.3 is 10.4 Å². The van der Waals surface area contributed by atoms with Gasteiger partial charge in [-0.2, -0.15) is 0 Å². The standard InChI is InChI=1S/C16H13NO3/c18-15(19)11-8-12-6-9-13(10-7-12)16(20)17-14-4-2-1-3-5-14/h1-11H,(H,17,20)(H,18,19)/b11-8+. The van der Waals surface area contributed by atoms with Crippen LogP contribution in [0.3, 0.4) is 0 Å². The van der Waals surface area contributed by atoms with E-state index in [2.05, 4.69) is 5.32 Å². The predicted octanol–water partition coefficient (Wildman–Crippen LogP) is 3.04. The largest absolute Gasteiger partial charge is 0.478 e. The third-order valence-electron chi connectivity index (χ3n) is 2.62. The Hall–Kier alpha value is -2.88. The van der Waals surface area contributed by atoms with E-state index in [0.29, 0.717) is 5.56 Å². The van der Waals surface area contributed by atoms with Crippen molar-refractivity contribution in [1.29, 1.82) is 0 Å². The molecule has 0 heterocycles. The Balaban J connectivity index is 2.06. The highest BCUT2D eigenvalue weighted by atomic mass is 16.4. The number of nitrogens with one attached hydrogen (secondary N) is 1. The first kappa shape index (κ1) is 13.5. The van der Waals surface area contributed by atoms with Crippen molar-refractivity contribution in [2.45, 2.75) is 0 Å². The van der Waals surface area contributed by atoms with Gasteiger partial charge >= 0.3 is 5.97 Å². The minimum Gasteiger partial charge on any atom is -0.478 e. The van der Waals surface area contributed by atoms with Crippen molar-refractivity contribution in [2.75, 3.05) is 5.32 Å². The lowest BCUT2D eigenvalue weighted by atomic mass is 10.1. The topological polar surface area (TPSA) is 66.4 Å². The molecule has 2 rings (SSSR count). The number of hydrogen-bond acceptors (Lipinski definition) is 2. The minimum absolute atomic E-state index is 0.204. The molecule has 0 aliphatic rings. The molecule has 0 aliphatic carbocycles. The van der Waals surface area contributed by atoms with Gasteiger partial charge in [0.15, 0.2) is 0 Å². The molecule has 20 heavy (non-hydrogen) atoms. The van der Waals surface area contributed by atoms with Gasteiger partial charge in [-0.3, -0.25) is 4.79 Å². The highest BCUT2D eigenvalue weighted by Crippen LogP contribution is 2.10. The average molecular weight is 267 g/mol. The Morgan fingerprint density at radius 3 is 2.20 bits per heavy atom. The van der Waals surface area contributed by atoms with Crippen LogP contribution in [0.4, 0.5) is 5.69 Å². The van der Waals surface area contributed by atoms with Crippen LogP contribution in [-0.2, 0) is 4.79 Å². The summed E-state index contributed by atoms with van der Waals surface area (Å²) < 4.78 is 0. The molecule has 0 radical (unpaired) electrons. The molecule has 100 valence electrons. The number of carbonyl (C=O) groups excluding carboxylic acids is 1. The first-order valence-electron chi connectivity index (χ1n) is 6.02. The first-order chi connectivity index (χ1) is 9.65. The Bertz CT molecular complexity index is 631. The fraction of sp³-hybridized carbons (Fsp3) is 0. The second-order valence-corrected chi connectivity index (χ2v) is 4.11. The van der Waals surface area contributed by atoms with Gasteiger partial charge in [0, 0.05) is 17.3 Å². The molecule has 0 saturated heterocycles. The van der Waals surface area contributed by atoms with Crippen LogP contribution in [0.1, 0.15) is 15.9 Å². The molecule has 2 N–H and O–H groups in total. The van der Waals surface area contributed by atoms with Crippen LogP contribution in [0.2, 0.25) is 0 Å². The summed E-state index contributed by atoms with van der Waals surface area (Å²) >= 11 is 0. The van der Waals surface area contributed by atoms with Gasteiger partial charge in [-0.05, 0) is 35.9 Å². The second kappa shape index (κ2) is 6.33. The van der Waals surface area contributed by atoms with Crippen LogP contribution in [0.5, 0.6) is 0 Å². The number of rotatable bonds is 4. The number of amides is 1. The third kappa shape index (κ3) is 3.81. The molecule has 0 atom stereocenters. The highest BCUT2D eigenvalue weighted by molar-refractivity contribution is 6.04. The molecule has 0 bridgehead atoms. The number of carboxylic acids is 1. The molecule has 0 aromatic heterocycles. The molecular formula is C16H13NO3. The maximum Gasteiger partial charge on any atom is 0.328 e. The zero-order valence-corrected chi connectivity index (χ0v) is 10.6. The Morgan fingerprint density at radius 1 is 0.950 bits per heavy atom. The Labute approximate surface area is 116 Å². The lowest BCUT2D eigenvalue weighted by Crippen LogP contribution is -2.11. The lowest BCUT2D eigenvalue weighted by Gasteiger charge is -2.05. The maximum atomic E-state index is 12.0. The molecule has 0 unspecified atom stereocenters. The molecular weight excluding hydrogens is 254 g/mol. The lowest BCUT2D eigenvalue weighted by molar-refractivity contribution is -0.131. The third-order valence-corrected chi connectivity index (χ3v) is 2.62. The van der Waals surface area contributed by atoms with Crippen molar-refractivity contribution in [2.24, 2.45) is 0 Å². The van der Waals surface area contributed by atoms with Gasteiger partial charge in [0.05, 0.1) is 0 Å². The molecule has 0 fully saturated rings. The number of carbonyl (C=O) groups is 2. The fourth-order valence-corrected chi connectivity index (χ4v) is 1.64. The summed E-state index contributed by atoms with van der Waals surface area (Å²) in [4.78, 5) is 22.4. The first-order valence-corrected chi connectivity index (χ1v) is 6.02. The van der Waals surface area contributed by atoms with Gasteiger partial charge in [-0.15, -0.1) is 0 Å². The quantitative estimate of drug-likeness (QED) is 0.837. The van der Waals surface area contributed by atoms with Gasteiger partial charge in [-0.1, -0.05) is 30.3 Å². The predicted molar refractivity (Wildman–Crippen MR) is 77.5 cm³/mol. The van der Waals surface area contributed by atoms with Crippen LogP contribution in [0.15, 0.2) is 60.7 Å². The van der Waals surface area contributed by atoms with Crippen molar-refractivity contribution in [3.8, 4) is 0 Å². The zero-order chi connectivity index (χ0) is 14.4. The van der Waals surface area contributed by atoms with E-state index >= 15 is 0 Å². The number of anilines is 1. The zero-order valence-electron chi connectivity index (χ0n) is 10.6. The van der Waals surface area contributed by atoms with E-state index < -0.39 is 5.97 Å². The van der Waals surface area contributed by atoms with Crippen LogP contribution < -0.4 is 5.32 Å². The number of carboxylic acid groups (broad SMARTS) is 1. The summed E-state index contributed by atoms with van der Waals surface area (Å²) in [6.45, 7) is 0. The second-order valence-electron chi connectivity index (χ2n) is 4.11. The summed E-state index contributed by atoms with van der Waals surface area (Å²) in [7, 11) is 0. The summed E-state index contributed by atoms with van der Waals surface area (Å²) in [5, 5.41) is 11.3. The SMILES string of the molecule is O=C(O)/C=C/c1ccc(C(=O)Nc2ccccc2)cc1. The van der Waals surface area contributed by atoms with Crippen molar-refractivity contribution in [3.63, 3.8) is 0 Å². The Morgan fingerprint density at radius 2 is 1.60 bits per heavy atom. The molecule has 0 spiro atoms. The highest BCUT2D eigenvalue weighted by Gasteiger charge is 2.05. The van der Waals surface area contributed by atoms with E-state index in [1.54, 1.807) is 24.3 Å². The summed E-state index contributed by atoms with van der Waals surface area (Å²) in [5.74, 6) is -1.21. The van der Waals surface area contributed by atoms with Gasteiger partial charge in [0.25, 0.3) is 5.91 Å². The summed E-state index contributed by atoms with van der Waals surface area (Å²) in [6.07, 6.45) is 2.53. The molecule has 0 saturated carbocycles. The fourth-order valence-electron chi connectivity index (χ4n) is 1.64. The molecule has 2 aromatic rings. The van der Waals surface area contributed by atoms with Crippen molar-refractivity contribution >= 4 is 23.6 Å². The van der Waals surface area contributed by atoms with Crippen LogP contribution in [0, 0.1) is 0 Å². The smallest absolute Gasteiger partial charge is 0.328 e. The van der Waals surface area contributed by atoms with Gasteiger partial charge in [0.1, 0.15) is 0 Å². The normalized spacial score (nSPS) is 10.4. The van der Waals surface area contributed by atoms with Crippen molar-refractivity contribution in [1.82, 2.24) is 0 Å². The summed E-state index contributed by atoms with van der Waals surface area (Å²) in [6, 6.07) is 15.9. The van der Waals surface area contributed by atoms with E-state index in [-0.39, 0.29) is 5.91 Å². The molecule has 2 aromatic carbocycles. The van der Waals surface area contributed by atoms with E-state index in [9.17, 15) is 9.59 Å². The minimum atomic E-state index is -1.00. The number of hydrogen-bond donors (Lipinski definition) is 2. The number of para-hydroxylation sites is 1. The van der Waals surface area contributed by atoms with Crippen LogP contribution in [0.25, 0.3) is 6.08 Å². The molecule has 4 heteroatoms. The van der Waals surface area contributed by atoms with Crippen molar-refractivity contribution in [3.05, 3.63) is 71.8 Å². The number of benzene rings is 2. The molecule has 1 amide bonds. The van der Waals surface area contributed by atoms with E-state index in [0.717, 1.165) is 17.3 Å². The van der Waals surface area contributed by atoms with Crippen molar-refractivity contribution < 1.29 is 14.7 Å². The van der Waals surface area contributed by atoms with E-state index in [1.165, 1.54) is 6.08 Å². The van der Waals surface area contributed by atoms with E-state index in [1.807, 2.05) is 30.3 Å².